The van der Waals surface area contributed by atoms with Crippen molar-refractivity contribution in [3.8, 4) is 5.75 Å². The number of guanidine groups is 1. The smallest absolute Gasteiger partial charge is 0.387 e. The first-order chi connectivity index (χ1) is 13.0. The monoisotopic (exact) mass is 396 g/mol. The summed E-state index contributed by atoms with van der Waals surface area (Å²) in [5.74, 6) is 0.982. The van der Waals surface area contributed by atoms with Gasteiger partial charge in [0.05, 0.1) is 5.01 Å². The summed E-state index contributed by atoms with van der Waals surface area (Å²) in [6.07, 6.45) is 1.87. The molecule has 0 unspecified atom stereocenters. The second-order valence-electron chi connectivity index (χ2n) is 6.10. The van der Waals surface area contributed by atoms with E-state index >= 15 is 0 Å². The van der Waals surface area contributed by atoms with Crippen molar-refractivity contribution in [1.29, 1.82) is 0 Å². The van der Waals surface area contributed by atoms with Gasteiger partial charge in [0.15, 0.2) is 5.96 Å². The maximum Gasteiger partial charge on any atom is 0.387 e. The molecule has 148 valence electrons. The van der Waals surface area contributed by atoms with Crippen LogP contribution in [0.3, 0.4) is 0 Å². The standard InChI is InChI=1S/C19H26F2N4OS/c1-4-22-19(23-11-5-6-17-24-14(2)13-27-17)25(3)12-15-7-9-16(10-8-15)26-18(20)21/h7-10,13,18H,4-6,11-12H2,1-3H3,(H,22,23). The number of aryl methyl sites for hydroxylation is 2. The summed E-state index contributed by atoms with van der Waals surface area (Å²) in [7, 11) is 1.95. The van der Waals surface area contributed by atoms with E-state index in [1.165, 1.54) is 0 Å². The van der Waals surface area contributed by atoms with Crippen molar-refractivity contribution in [2.45, 2.75) is 39.8 Å². The van der Waals surface area contributed by atoms with Gasteiger partial charge >= 0.3 is 6.61 Å². The third-order valence-electron chi connectivity index (χ3n) is 3.74. The molecule has 0 radical (unpaired) electrons. The molecule has 0 saturated carbocycles. The van der Waals surface area contributed by atoms with E-state index in [0.717, 1.165) is 41.6 Å². The average molecular weight is 397 g/mol. The van der Waals surface area contributed by atoms with Gasteiger partial charge in [-0.25, -0.2) is 4.98 Å². The molecular weight excluding hydrogens is 370 g/mol. The van der Waals surface area contributed by atoms with E-state index in [1.807, 2.05) is 25.8 Å². The minimum Gasteiger partial charge on any atom is -0.435 e. The van der Waals surface area contributed by atoms with Crippen LogP contribution in [-0.2, 0) is 13.0 Å². The van der Waals surface area contributed by atoms with E-state index in [4.69, 9.17) is 0 Å². The number of nitrogens with zero attached hydrogens (tertiary/aromatic N) is 3. The normalized spacial score (nSPS) is 11.7. The summed E-state index contributed by atoms with van der Waals surface area (Å²) in [5, 5.41) is 6.49. The molecule has 1 heterocycles. The van der Waals surface area contributed by atoms with Gasteiger partial charge in [0, 0.05) is 44.2 Å². The Kier molecular flexibility index (Phi) is 8.44. The van der Waals surface area contributed by atoms with Crippen molar-refractivity contribution >= 4 is 17.3 Å². The van der Waals surface area contributed by atoms with Gasteiger partial charge in [-0.3, -0.25) is 4.99 Å². The first kappa shape index (κ1) is 21.1. The van der Waals surface area contributed by atoms with E-state index in [1.54, 1.807) is 35.6 Å². The summed E-state index contributed by atoms with van der Waals surface area (Å²) in [4.78, 5) is 11.2. The number of hydrogen-bond acceptors (Lipinski definition) is 4. The third kappa shape index (κ3) is 7.50. The summed E-state index contributed by atoms with van der Waals surface area (Å²) < 4.78 is 28.8. The van der Waals surface area contributed by atoms with Crippen LogP contribution in [0.15, 0.2) is 34.6 Å². The molecule has 2 aromatic rings. The molecule has 0 aliphatic heterocycles. The quantitative estimate of drug-likeness (QED) is 0.394. The van der Waals surface area contributed by atoms with Crippen molar-refractivity contribution in [1.82, 2.24) is 15.2 Å². The Bertz CT molecular complexity index is 719. The Morgan fingerprint density at radius 1 is 1.33 bits per heavy atom. The number of aliphatic imine (C=N–C) groups is 1. The molecule has 0 aliphatic rings. The Morgan fingerprint density at radius 3 is 2.67 bits per heavy atom. The number of halogens is 2. The molecule has 0 aliphatic carbocycles. The van der Waals surface area contributed by atoms with Crippen LogP contribution >= 0.6 is 11.3 Å². The van der Waals surface area contributed by atoms with Crippen LogP contribution in [0.5, 0.6) is 5.75 Å². The summed E-state index contributed by atoms with van der Waals surface area (Å²) in [6.45, 7) is 3.33. The number of nitrogens with one attached hydrogen (secondary N) is 1. The number of rotatable bonds is 9. The maximum absolute atomic E-state index is 12.2. The molecule has 1 aromatic carbocycles. The molecule has 0 spiro atoms. The first-order valence-electron chi connectivity index (χ1n) is 8.92. The van der Waals surface area contributed by atoms with Gasteiger partial charge in [-0.15, -0.1) is 11.3 Å². The van der Waals surface area contributed by atoms with Crippen LogP contribution in [0.4, 0.5) is 8.78 Å². The van der Waals surface area contributed by atoms with Crippen LogP contribution in [0.1, 0.15) is 29.6 Å². The maximum atomic E-state index is 12.2. The lowest BCUT2D eigenvalue weighted by atomic mass is 10.2. The fraction of sp³-hybridized carbons (Fsp3) is 0.474. The minimum absolute atomic E-state index is 0.161. The number of thiazole rings is 1. The van der Waals surface area contributed by atoms with Gasteiger partial charge in [-0.2, -0.15) is 8.78 Å². The fourth-order valence-electron chi connectivity index (χ4n) is 2.53. The van der Waals surface area contributed by atoms with Crippen LogP contribution in [-0.4, -0.2) is 42.6 Å². The second-order valence-corrected chi connectivity index (χ2v) is 7.04. The lowest BCUT2D eigenvalue weighted by Gasteiger charge is -2.22. The molecule has 5 nitrogen and oxygen atoms in total. The Morgan fingerprint density at radius 2 is 2.07 bits per heavy atom. The predicted octanol–water partition coefficient (Wildman–Crippen LogP) is 4.08. The lowest BCUT2D eigenvalue weighted by molar-refractivity contribution is -0.0498. The third-order valence-corrected chi connectivity index (χ3v) is 4.77. The minimum atomic E-state index is -2.81. The average Bonchev–Trinajstić information content (AvgIpc) is 3.04. The molecule has 0 saturated heterocycles. The van der Waals surface area contributed by atoms with E-state index < -0.39 is 6.61 Å². The van der Waals surface area contributed by atoms with Crippen molar-refractivity contribution in [2.24, 2.45) is 4.99 Å². The van der Waals surface area contributed by atoms with Crippen LogP contribution in [0.2, 0.25) is 0 Å². The molecule has 1 N–H and O–H groups in total. The highest BCUT2D eigenvalue weighted by molar-refractivity contribution is 7.09. The molecule has 27 heavy (non-hydrogen) atoms. The van der Waals surface area contributed by atoms with Gasteiger partial charge in [0.1, 0.15) is 5.75 Å². The SMILES string of the molecule is CCNC(=NCCCc1nc(C)cs1)N(C)Cc1ccc(OC(F)F)cc1. The molecule has 0 amide bonds. The van der Waals surface area contributed by atoms with E-state index in [9.17, 15) is 8.78 Å². The largest absolute Gasteiger partial charge is 0.435 e. The summed E-state index contributed by atoms with van der Waals surface area (Å²) in [6, 6.07) is 6.66. The van der Waals surface area contributed by atoms with Crippen LogP contribution in [0.25, 0.3) is 0 Å². The predicted molar refractivity (Wildman–Crippen MR) is 106 cm³/mol. The molecule has 1 aromatic heterocycles. The molecule has 8 heteroatoms. The zero-order chi connectivity index (χ0) is 19.6. The van der Waals surface area contributed by atoms with Gasteiger partial charge in [0.25, 0.3) is 0 Å². The highest BCUT2D eigenvalue weighted by Gasteiger charge is 2.08. The highest BCUT2D eigenvalue weighted by Crippen LogP contribution is 2.16. The van der Waals surface area contributed by atoms with Crippen LogP contribution < -0.4 is 10.1 Å². The number of hydrogen-bond donors (Lipinski definition) is 1. The van der Waals surface area contributed by atoms with E-state index in [2.05, 4.69) is 25.4 Å². The zero-order valence-corrected chi connectivity index (χ0v) is 16.7. The molecule has 0 fully saturated rings. The van der Waals surface area contributed by atoms with E-state index in [-0.39, 0.29) is 5.75 Å². The van der Waals surface area contributed by atoms with Gasteiger partial charge in [0.2, 0.25) is 0 Å². The molecule has 0 bridgehead atoms. The summed E-state index contributed by atoms with van der Waals surface area (Å²) in [5.41, 5.74) is 2.06. The van der Waals surface area contributed by atoms with Crippen molar-refractivity contribution in [3.05, 3.63) is 45.9 Å². The Balaban J connectivity index is 1.87. The van der Waals surface area contributed by atoms with Gasteiger partial charge < -0.3 is 15.0 Å². The zero-order valence-electron chi connectivity index (χ0n) is 15.9. The van der Waals surface area contributed by atoms with Crippen molar-refractivity contribution < 1.29 is 13.5 Å². The number of aromatic nitrogens is 1. The van der Waals surface area contributed by atoms with Crippen molar-refractivity contribution in [3.63, 3.8) is 0 Å². The van der Waals surface area contributed by atoms with Crippen molar-refractivity contribution in [2.75, 3.05) is 20.1 Å². The van der Waals surface area contributed by atoms with Gasteiger partial charge in [-0.05, 0) is 38.0 Å². The van der Waals surface area contributed by atoms with E-state index in [0.29, 0.717) is 13.1 Å². The highest BCUT2D eigenvalue weighted by atomic mass is 32.1. The van der Waals surface area contributed by atoms with Gasteiger partial charge in [-0.1, -0.05) is 12.1 Å². The second kappa shape index (κ2) is 10.8. The number of alkyl halides is 2. The Hall–Kier alpha value is -2.22. The topological polar surface area (TPSA) is 49.8 Å². The molecular formula is C19H26F2N4OS. The van der Waals surface area contributed by atoms with Crippen LogP contribution in [0, 0.1) is 6.92 Å². The lowest BCUT2D eigenvalue weighted by Crippen LogP contribution is -2.38. The summed E-state index contributed by atoms with van der Waals surface area (Å²) >= 11 is 1.69. The Labute approximate surface area is 163 Å². The molecule has 2 rings (SSSR count). The first-order valence-corrected chi connectivity index (χ1v) is 9.80. The number of ether oxygens (including phenoxy) is 1. The fourth-order valence-corrected chi connectivity index (χ4v) is 3.35. The number of benzene rings is 1. The molecule has 0 atom stereocenters.